The molecular weight excluding hydrogens is 266 g/mol. The second kappa shape index (κ2) is 7.02. The predicted octanol–water partition coefficient (Wildman–Crippen LogP) is 3.71. The fourth-order valence-corrected chi connectivity index (χ4v) is 3.87. The number of nitrogen functional groups attached to an aromatic ring is 1. The standard InChI is InChI=1S/C16H25N3S/c1-3-6-12-9-10-19(11-12)13-7-5-8-14(20-4-2)15(13)16(17)18/h5,7-8,12H,3-4,6,9-11H2,1-2H3,(H3,17,18). The first-order valence-corrected chi connectivity index (χ1v) is 8.51. The molecule has 2 rings (SSSR count). The van der Waals surface area contributed by atoms with Gasteiger partial charge >= 0.3 is 0 Å². The molecule has 1 fully saturated rings. The van der Waals surface area contributed by atoms with E-state index in [2.05, 4.69) is 36.9 Å². The molecule has 110 valence electrons. The number of anilines is 1. The summed E-state index contributed by atoms with van der Waals surface area (Å²) in [5.74, 6) is 1.99. The lowest BCUT2D eigenvalue weighted by atomic mass is 10.0. The Labute approximate surface area is 126 Å². The summed E-state index contributed by atoms with van der Waals surface area (Å²) in [6.45, 7) is 6.58. The van der Waals surface area contributed by atoms with Gasteiger partial charge in [0.15, 0.2) is 0 Å². The molecule has 1 atom stereocenters. The molecule has 1 unspecified atom stereocenters. The normalized spacial score (nSPS) is 18.5. The number of hydrogen-bond acceptors (Lipinski definition) is 3. The van der Waals surface area contributed by atoms with Crippen molar-refractivity contribution in [3.63, 3.8) is 0 Å². The third-order valence-electron chi connectivity index (χ3n) is 3.90. The number of nitrogens with zero attached hydrogens (tertiary/aromatic N) is 1. The van der Waals surface area contributed by atoms with E-state index in [0.29, 0.717) is 0 Å². The quantitative estimate of drug-likeness (QED) is 0.477. The van der Waals surface area contributed by atoms with Gasteiger partial charge in [-0.25, -0.2) is 0 Å². The number of benzene rings is 1. The van der Waals surface area contributed by atoms with Gasteiger partial charge in [0.1, 0.15) is 5.84 Å². The van der Waals surface area contributed by atoms with Crippen molar-refractivity contribution in [2.75, 3.05) is 23.7 Å². The average Bonchev–Trinajstić information content (AvgIpc) is 2.87. The first kappa shape index (κ1) is 15.2. The van der Waals surface area contributed by atoms with Gasteiger partial charge in [-0.05, 0) is 36.6 Å². The molecule has 3 N–H and O–H groups in total. The monoisotopic (exact) mass is 291 g/mol. The third-order valence-corrected chi connectivity index (χ3v) is 4.84. The van der Waals surface area contributed by atoms with Gasteiger partial charge < -0.3 is 10.6 Å². The molecule has 1 aromatic carbocycles. The van der Waals surface area contributed by atoms with Crippen LogP contribution >= 0.6 is 11.8 Å². The molecular formula is C16H25N3S. The predicted molar refractivity (Wildman–Crippen MR) is 89.1 cm³/mol. The molecule has 1 aliphatic rings. The van der Waals surface area contributed by atoms with E-state index in [1.165, 1.54) is 19.3 Å². The summed E-state index contributed by atoms with van der Waals surface area (Å²) < 4.78 is 0. The van der Waals surface area contributed by atoms with Gasteiger partial charge in [0.25, 0.3) is 0 Å². The molecule has 0 amide bonds. The molecule has 20 heavy (non-hydrogen) atoms. The minimum atomic E-state index is 0.190. The lowest BCUT2D eigenvalue weighted by Crippen LogP contribution is -2.24. The lowest BCUT2D eigenvalue weighted by Gasteiger charge is -2.23. The Bertz CT molecular complexity index is 473. The zero-order valence-corrected chi connectivity index (χ0v) is 13.3. The second-order valence-corrected chi connectivity index (χ2v) is 6.69. The van der Waals surface area contributed by atoms with Crippen molar-refractivity contribution in [3.05, 3.63) is 23.8 Å². The zero-order valence-electron chi connectivity index (χ0n) is 12.5. The summed E-state index contributed by atoms with van der Waals surface area (Å²) in [7, 11) is 0. The van der Waals surface area contributed by atoms with Crippen LogP contribution in [0.3, 0.4) is 0 Å². The van der Waals surface area contributed by atoms with Crippen LogP contribution in [0.15, 0.2) is 23.1 Å². The van der Waals surface area contributed by atoms with E-state index in [0.717, 1.165) is 40.9 Å². The second-order valence-electron chi connectivity index (χ2n) is 5.39. The van der Waals surface area contributed by atoms with Crippen LogP contribution in [0.2, 0.25) is 0 Å². The van der Waals surface area contributed by atoms with Crippen LogP contribution in [0.25, 0.3) is 0 Å². The Kier molecular flexibility index (Phi) is 5.35. The summed E-state index contributed by atoms with van der Waals surface area (Å²) in [5.41, 5.74) is 7.92. The van der Waals surface area contributed by atoms with Crippen LogP contribution in [-0.2, 0) is 0 Å². The zero-order chi connectivity index (χ0) is 14.5. The van der Waals surface area contributed by atoms with Crippen molar-refractivity contribution < 1.29 is 0 Å². The van der Waals surface area contributed by atoms with Crippen LogP contribution in [0.4, 0.5) is 5.69 Å². The average molecular weight is 291 g/mol. The molecule has 0 bridgehead atoms. The van der Waals surface area contributed by atoms with Gasteiger partial charge in [-0.2, -0.15) is 0 Å². The number of amidine groups is 1. The minimum Gasteiger partial charge on any atom is -0.384 e. The Hall–Kier alpha value is -1.16. The molecule has 0 aromatic heterocycles. The molecule has 1 aromatic rings. The van der Waals surface area contributed by atoms with E-state index < -0.39 is 0 Å². The molecule has 1 aliphatic heterocycles. The fourth-order valence-electron chi connectivity index (χ4n) is 3.02. The summed E-state index contributed by atoms with van der Waals surface area (Å²) in [5, 5.41) is 7.93. The van der Waals surface area contributed by atoms with E-state index in [1.807, 2.05) is 0 Å². The highest BCUT2D eigenvalue weighted by atomic mass is 32.2. The van der Waals surface area contributed by atoms with Crippen LogP contribution in [0.5, 0.6) is 0 Å². The molecule has 4 heteroatoms. The van der Waals surface area contributed by atoms with E-state index in [9.17, 15) is 0 Å². The largest absolute Gasteiger partial charge is 0.384 e. The molecule has 0 saturated carbocycles. The van der Waals surface area contributed by atoms with Crippen molar-refractivity contribution in [2.45, 2.75) is 38.0 Å². The number of nitrogens with one attached hydrogen (secondary N) is 1. The molecule has 3 nitrogen and oxygen atoms in total. The SMILES string of the molecule is CCCC1CCN(c2cccc(SCC)c2C(=N)N)C1. The van der Waals surface area contributed by atoms with Crippen molar-refractivity contribution in [3.8, 4) is 0 Å². The maximum Gasteiger partial charge on any atom is 0.126 e. The van der Waals surface area contributed by atoms with Gasteiger partial charge in [0.05, 0.1) is 5.56 Å². The number of rotatable bonds is 6. The summed E-state index contributed by atoms with van der Waals surface area (Å²) in [6.07, 6.45) is 3.81. The van der Waals surface area contributed by atoms with Gasteiger partial charge in [0, 0.05) is 23.7 Å². The minimum absolute atomic E-state index is 0.190. The topological polar surface area (TPSA) is 53.1 Å². The number of nitrogens with two attached hydrogens (primary N) is 1. The van der Waals surface area contributed by atoms with Crippen molar-refractivity contribution in [1.82, 2.24) is 0 Å². The highest BCUT2D eigenvalue weighted by Crippen LogP contribution is 2.34. The first-order chi connectivity index (χ1) is 9.67. The van der Waals surface area contributed by atoms with Crippen LogP contribution < -0.4 is 10.6 Å². The Morgan fingerprint density at radius 2 is 2.25 bits per heavy atom. The fraction of sp³-hybridized carbons (Fsp3) is 0.562. The lowest BCUT2D eigenvalue weighted by molar-refractivity contribution is 0.530. The summed E-state index contributed by atoms with van der Waals surface area (Å²) >= 11 is 1.77. The number of hydrogen-bond donors (Lipinski definition) is 2. The van der Waals surface area contributed by atoms with Crippen molar-refractivity contribution in [2.24, 2.45) is 11.7 Å². The molecule has 1 saturated heterocycles. The van der Waals surface area contributed by atoms with Gasteiger partial charge in [0.2, 0.25) is 0 Å². The number of thioether (sulfide) groups is 1. The molecule has 0 spiro atoms. The molecule has 0 aliphatic carbocycles. The third kappa shape index (κ3) is 3.29. The summed E-state index contributed by atoms with van der Waals surface area (Å²) in [6, 6.07) is 6.28. The highest BCUT2D eigenvalue weighted by molar-refractivity contribution is 7.99. The van der Waals surface area contributed by atoms with Crippen LogP contribution in [0.1, 0.15) is 38.7 Å². The van der Waals surface area contributed by atoms with Crippen molar-refractivity contribution in [1.29, 1.82) is 5.41 Å². The highest BCUT2D eigenvalue weighted by Gasteiger charge is 2.25. The van der Waals surface area contributed by atoms with E-state index in [-0.39, 0.29) is 5.84 Å². The van der Waals surface area contributed by atoms with Gasteiger partial charge in [-0.3, -0.25) is 5.41 Å². The smallest absolute Gasteiger partial charge is 0.126 e. The molecule has 0 radical (unpaired) electrons. The maximum absolute atomic E-state index is 7.93. The van der Waals surface area contributed by atoms with E-state index in [1.54, 1.807) is 11.8 Å². The maximum atomic E-state index is 7.93. The van der Waals surface area contributed by atoms with E-state index in [4.69, 9.17) is 11.1 Å². The van der Waals surface area contributed by atoms with Gasteiger partial charge in [-0.15, -0.1) is 11.8 Å². The van der Waals surface area contributed by atoms with E-state index >= 15 is 0 Å². The first-order valence-electron chi connectivity index (χ1n) is 7.52. The van der Waals surface area contributed by atoms with Crippen LogP contribution in [-0.4, -0.2) is 24.7 Å². The molecule has 1 heterocycles. The Morgan fingerprint density at radius 3 is 2.90 bits per heavy atom. The Morgan fingerprint density at radius 1 is 1.45 bits per heavy atom. The summed E-state index contributed by atoms with van der Waals surface area (Å²) in [4.78, 5) is 3.55. The van der Waals surface area contributed by atoms with Crippen LogP contribution in [0, 0.1) is 11.3 Å². The van der Waals surface area contributed by atoms with Gasteiger partial charge in [-0.1, -0.05) is 26.3 Å². The Balaban J connectivity index is 2.27. The van der Waals surface area contributed by atoms with Crippen molar-refractivity contribution >= 4 is 23.3 Å².